The van der Waals surface area contributed by atoms with Gasteiger partial charge in [0.15, 0.2) is 0 Å². The highest BCUT2D eigenvalue weighted by molar-refractivity contribution is 5.90. The van der Waals surface area contributed by atoms with Gasteiger partial charge in [-0.3, -0.25) is 0 Å². The van der Waals surface area contributed by atoms with Gasteiger partial charge in [0.2, 0.25) is 0 Å². The molecule has 0 spiro atoms. The summed E-state index contributed by atoms with van der Waals surface area (Å²) in [7, 11) is 0. The number of aromatic amines is 1. The maximum atomic E-state index is 13.0. The lowest BCUT2D eigenvalue weighted by atomic mass is 10.1. The van der Waals surface area contributed by atoms with E-state index in [1.54, 1.807) is 0 Å². The number of urea groups is 1. The number of rotatable bonds is 2. The van der Waals surface area contributed by atoms with Crippen LogP contribution in [-0.2, 0) is 6.18 Å². The van der Waals surface area contributed by atoms with Crippen molar-refractivity contribution in [1.82, 2.24) is 14.8 Å². The summed E-state index contributed by atoms with van der Waals surface area (Å²) in [5.74, 6) is 0. The Morgan fingerprint density at radius 1 is 1.40 bits per heavy atom. The first-order valence-electron chi connectivity index (χ1n) is 5.20. The number of nitrogens with two attached hydrogens (primary N) is 1. The highest BCUT2D eigenvalue weighted by Gasteiger charge is 2.35. The molecule has 106 valence electrons. The minimum Gasteiger partial charge on any atom is -0.351 e. The molecule has 20 heavy (non-hydrogen) atoms. The molecule has 1 aromatic heterocycles. The standard InChI is InChI=1S/C10H8F3N5O2/c11-10(12,13)5-2-1-3-6(16-8(14)19)7(5)18-4-15-9(20)17-18/h1-4H,(H,17,20)(H3,14,16,19). The molecule has 2 rings (SSSR count). The number of alkyl halides is 3. The van der Waals surface area contributed by atoms with Crippen molar-refractivity contribution in [1.29, 1.82) is 0 Å². The third-order valence-electron chi connectivity index (χ3n) is 2.35. The van der Waals surface area contributed by atoms with Gasteiger partial charge in [0.05, 0.1) is 11.3 Å². The van der Waals surface area contributed by atoms with Crippen LogP contribution in [0.2, 0.25) is 0 Å². The lowest BCUT2D eigenvalue weighted by Crippen LogP contribution is -2.22. The number of carbonyl (C=O) groups excluding carboxylic acids is 1. The normalized spacial score (nSPS) is 11.3. The third-order valence-corrected chi connectivity index (χ3v) is 2.35. The van der Waals surface area contributed by atoms with Gasteiger partial charge in [-0.05, 0) is 12.1 Å². The van der Waals surface area contributed by atoms with Crippen LogP contribution < -0.4 is 16.7 Å². The van der Waals surface area contributed by atoms with E-state index in [1.807, 2.05) is 0 Å². The van der Waals surface area contributed by atoms with Crippen molar-refractivity contribution in [3.8, 4) is 5.69 Å². The molecule has 0 saturated carbocycles. The fourth-order valence-electron chi connectivity index (χ4n) is 1.65. The summed E-state index contributed by atoms with van der Waals surface area (Å²) in [6.07, 6.45) is -3.81. The van der Waals surface area contributed by atoms with Crippen LogP contribution in [0.15, 0.2) is 29.3 Å². The average Bonchev–Trinajstić information content (AvgIpc) is 2.73. The predicted octanol–water partition coefficient (Wildman–Crippen LogP) is 1.07. The zero-order valence-corrected chi connectivity index (χ0v) is 9.73. The molecule has 0 saturated heterocycles. The van der Waals surface area contributed by atoms with Gasteiger partial charge in [-0.1, -0.05) is 6.07 Å². The van der Waals surface area contributed by atoms with E-state index in [0.29, 0.717) is 0 Å². The molecular weight excluding hydrogens is 279 g/mol. The third kappa shape index (κ3) is 2.63. The highest BCUT2D eigenvalue weighted by Crippen LogP contribution is 2.36. The number of benzene rings is 1. The Labute approximate surface area is 109 Å². The van der Waals surface area contributed by atoms with Crippen LogP contribution in [0, 0.1) is 0 Å². The lowest BCUT2D eigenvalue weighted by Gasteiger charge is -2.16. The van der Waals surface area contributed by atoms with Crippen molar-refractivity contribution >= 4 is 11.7 Å². The van der Waals surface area contributed by atoms with Crippen molar-refractivity contribution in [3.05, 3.63) is 40.6 Å². The molecule has 0 atom stereocenters. The van der Waals surface area contributed by atoms with E-state index in [-0.39, 0.29) is 5.69 Å². The maximum Gasteiger partial charge on any atom is 0.418 e. The van der Waals surface area contributed by atoms with Crippen molar-refractivity contribution in [3.63, 3.8) is 0 Å². The lowest BCUT2D eigenvalue weighted by molar-refractivity contribution is -0.137. The second-order valence-corrected chi connectivity index (χ2v) is 3.72. The number of amides is 2. The van der Waals surface area contributed by atoms with Crippen molar-refractivity contribution in [2.24, 2.45) is 5.73 Å². The minimum absolute atomic E-state index is 0.207. The number of hydrogen-bond acceptors (Lipinski definition) is 3. The zero-order chi connectivity index (χ0) is 14.9. The number of para-hydroxylation sites is 1. The molecule has 0 unspecified atom stereocenters. The SMILES string of the molecule is NC(=O)Nc1cccc(C(F)(F)F)c1-n1cnc(=O)[nH]1. The first-order chi connectivity index (χ1) is 9.29. The van der Waals surface area contributed by atoms with E-state index in [0.717, 1.165) is 23.1 Å². The number of nitrogens with zero attached hydrogens (tertiary/aromatic N) is 2. The van der Waals surface area contributed by atoms with Gasteiger partial charge < -0.3 is 11.1 Å². The van der Waals surface area contributed by atoms with E-state index >= 15 is 0 Å². The quantitative estimate of drug-likeness (QED) is 0.769. The van der Waals surface area contributed by atoms with Gasteiger partial charge >= 0.3 is 17.9 Å². The monoisotopic (exact) mass is 287 g/mol. The van der Waals surface area contributed by atoms with Gasteiger partial charge in [0.1, 0.15) is 12.0 Å². The van der Waals surface area contributed by atoms with Crippen LogP contribution in [0.3, 0.4) is 0 Å². The molecule has 2 aromatic rings. The van der Waals surface area contributed by atoms with Gasteiger partial charge in [0.25, 0.3) is 0 Å². The highest BCUT2D eigenvalue weighted by atomic mass is 19.4. The maximum absolute atomic E-state index is 13.0. The summed E-state index contributed by atoms with van der Waals surface area (Å²) in [6.45, 7) is 0. The molecule has 0 aliphatic rings. The molecule has 0 radical (unpaired) electrons. The van der Waals surface area contributed by atoms with Gasteiger partial charge in [-0.15, -0.1) is 0 Å². The van der Waals surface area contributed by atoms with E-state index in [9.17, 15) is 22.8 Å². The Bertz CT molecular complexity index is 703. The van der Waals surface area contributed by atoms with Crippen LogP contribution in [0.4, 0.5) is 23.7 Å². The van der Waals surface area contributed by atoms with Crippen LogP contribution in [-0.4, -0.2) is 20.8 Å². The molecule has 0 aliphatic heterocycles. The fraction of sp³-hybridized carbons (Fsp3) is 0.100. The van der Waals surface area contributed by atoms with E-state index in [2.05, 4.69) is 15.4 Å². The van der Waals surface area contributed by atoms with Crippen LogP contribution in [0.5, 0.6) is 0 Å². The topological polar surface area (TPSA) is 106 Å². The molecule has 0 aliphatic carbocycles. The molecule has 10 heteroatoms. The Balaban J connectivity index is 2.71. The minimum atomic E-state index is -4.69. The Kier molecular flexibility index (Phi) is 3.22. The molecule has 0 fully saturated rings. The Hall–Kier alpha value is -2.78. The van der Waals surface area contributed by atoms with Gasteiger partial charge in [-0.25, -0.2) is 19.4 Å². The average molecular weight is 287 g/mol. The number of H-pyrrole nitrogens is 1. The summed E-state index contributed by atoms with van der Waals surface area (Å²) >= 11 is 0. The van der Waals surface area contributed by atoms with Crippen LogP contribution in [0.25, 0.3) is 5.69 Å². The molecule has 0 bridgehead atoms. The molecule has 2 amide bonds. The van der Waals surface area contributed by atoms with E-state index in [4.69, 9.17) is 5.73 Å². The number of hydrogen-bond donors (Lipinski definition) is 3. The molecule has 1 aromatic carbocycles. The van der Waals surface area contributed by atoms with Crippen molar-refractivity contribution in [2.45, 2.75) is 6.18 Å². The van der Waals surface area contributed by atoms with Crippen molar-refractivity contribution in [2.75, 3.05) is 5.32 Å². The summed E-state index contributed by atoms with van der Waals surface area (Å²) in [4.78, 5) is 25.1. The summed E-state index contributed by atoms with van der Waals surface area (Å²) in [5, 5.41) is 4.14. The number of primary amides is 1. The fourth-order valence-corrected chi connectivity index (χ4v) is 1.65. The van der Waals surface area contributed by atoms with Gasteiger partial charge in [0, 0.05) is 0 Å². The Morgan fingerprint density at radius 2 is 2.10 bits per heavy atom. The number of anilines is 1. The largest absolute Gasteiger partial charge is 0.418 e. The predicted molar refractivity (Wildman–Crippen MR) is 62.4 cm³/mol. The summed E-state index contributed by atoms with van der Waals surface area (Å²) in [6, 6.07) is 2.09. The van der Waals surface area contributed by atoms with E-state index < -0.39 is 29.1 Å². The van der Waals surface area contributed by atoms with Crippen molar-refractivity contribution < 1.29 is 18.0 Å². The van der Waals surface area contributed by atoms with E-state index in [1.165, 1.54) is 6.07 Å². The second-order valence-electron chi connectivity index (χ2n) is 3.72. The number of halogens is 3. The number of nitrogens with one attached hydrogen (secondary N) is 2. The van der Waals surface area contributed by atoms with Crippen LogP contribution in [0.1, 0.15) is 5.56 Å². The summed E-state index contributed by atoms with van der Waals surface area (Å²) in [5.41, 5.74) is 2.34. The molecule has 7 nitrogen and oxygen atoms in total. The summed E-state index contributed by atoms with van der Waals surface area (Å²) < 4.78 is 39.7. The smallest absolute Gasteiger partial charge is 0.351 e. The first kappa shape index (κ1) is 13.6. The number of aromatic nitrogens is 3. The molecular formula is C10H8F3N5O2. The second kappa shape index (κ2) is 4.72. The Morgan fingerprint density at radius 3 is 2.60 bits per heavy atom. The molecule has 4 N–H and O–H groups in total. The number of carbonyl (C=O) groups is 1. The molecule has 1 heterocycles. The van der Waals surface area contributed by atoms with Gasteiger partial charge in [-0.2, -0.15) is 18.2 Å². The zero-order valence-electron chi connectivity index (χ0n) is 9.73. The first-order valence-corrected chi connectivity index (χ1v) is 5.20. The van der Waals surface area contributed by atoms with Crippen LogP contribution >= 0.6 is 0 Å².